The molecule has 3 heteroatoms. The molecule has 0 spiro atoms. The molecule has 0 aliphatic carbocycles. The molecule has 1 unspecified atom stereocenters. The van der Waals surface area contributed by atoms with E-state index in [4.69, 9.17) is 0 Å². The quantitative estimate of drug-likeness (QED) is 0.712. The fraction of sp³-hybridized carbons (Fsp3) is 0.545. The molecule has 3 nitrogen and oxygen atoms in total. The van der Waals surface area contributed by atoms with Gasteiger partial charge in [-0.1, -0.05) is 6.07 Å². The van der Waals surface area contributed by atoms with Crippen LogP contribution in [0.5, 0.6) is 0 Å². The van der Waals surface area contributed by atoms with Gasteiger partial charge in [-0.3, -0.25) is 4.98 Å². The zero-order valence-corrected chi connectivity index (χ0v) is 8.39. The lowest BCUT2D eigenvalue weighted by Gasteiger charge is -2.23. The van der Waals surface area contributed by atoms with E-state index in [2.05, 4.69) is 9.88 Å². The van der Waals surface area contributed by atoms with Crippen LogP contribution in [-0.4, -0.2) is 29.5 Å². The summed E-state index contributed by atoms with van der Waals surface area (Å²) >= 11 is 0. The molecular weight excluding hydrogens is 176 g/mol. The van der Waals surface area contributed by atoms with Crippen LogP contribution in [0.1, 0.15) is 24.5 Å². The minimum atomic E-state index is -0.642. The van der Waals surface area contributed by atoms with Crippen LogP contribution in [0.4, 0.5) is 0 Å². The van der Waals surface area contributed by atoms with E-state index in [1.165, 1.54) is 0 Å². The lowest BCUT2D eigenvalue weighted by Crippen LogP contribution is -2.30. The van der Waals surface area contributed by atoms with Crippen molar-refractivity contribution < 1.29 is 5.11 Å². The van der Waals surface area contributed by atoms with E-state index in [0.29, 0.717) is 0 Å². The molecule has 0 saturated carbocycles. The number of aromatic nitrogens is 1. The maximum Gasteiger partial charge on any atom is 0.135 e. The molecule has 14 heavy (non-hydrogen) atoms. The fourth-order valence-corrected chi connectivity index (χ4v) is 2.08. The fourth-order valence-electron chi connectivity index (χ4n) is 2.08. The summed E-state index contributed by atoms with van der Waals surface area (Å²) in [6.07, 6.45) is 4.90. The Balaban J connectivity index is 2.12. The molecule has 2 rings (SSSR count). The number of nitrogens with zero attached hydrogens (tertiary/aromatic N) is 2. The van der Waals surface area contributed by atoms with Crippen molar-refractivity contribution in [2.45, 2.75) is 25.0 Å². The highest BCUT2D eigenvalue weighted by Crippen LogP contribution is 2.27. The zero-order chi connectivity index (χ0) is 9.97. The van der Waals surface area contributed by atoms with Gasteiger partial charge in [-0.15, -0.1) is 0 Å². The highest BCUT2D eigenvalue weighted by atomic mass is 16.3. The molecule has 2 heterocycles. The van der Waals surface area contributed by atoms with Crippen molar-refractivity contribution in [2.75, 3.05) is 13.6 Å². The smallest absolute Gasteiger partial charge is 0.135 e. The summed E-state index contributed by atoms with van der Waals surface area (Å²) in [4.78, 5) is 6.14. The first-order valence-electron chi connectivity index (χ1n) is 5.05. The predicted molar refractivity (Wildman–Crippen MR) is 53.3 cm³/mol. The van der Waals surface area contributed by atoms with Crippen LogP contribution in [0.25, 0.3) is 0 Å². The summed E-state index contributed by atoms with van der Waals surface area (Å²) in [5, 5.41) is 12.1. The summed E-state index contributed by atoms with van der Waals surface area (Å²) in [7, 11) is 2.03. The Morgan fingerprint density at radius 2 is 2.50 bits per heavy atom. The van der Waals surface area contributed by atoms with Crippen LogP contribution in [0.2, 0.25) is 0 Å². The highest BCUT2D eigenvalue weighted by molar-refractivity contribution is 5.14. The minimum absolute atomic E-state index is 0.152. The Morgan fingerprint density at radius 1 is 1.64 bits per heavy atom. The molecule has 1 aromatic heterocycles. The average molecular weight is 191 g/mol. The van der Waals surface area contributed by atoms with Crippen LogP contribution >= 0.6 is 0 Å². The van der Waals surface area contributed by atoms with Gasteiger partial charge >= 0.3 is 0 Å². The van der Waals surface area contributed by atoms with Crippen molar-refractivity contribution in [1.82, 2.24) is 9.88 Å². The van der Waals surface area contributed by atoms with E-state index in [1.807, 2.05) is 19.2 Å². The molecule has 75 valence electrons. The molecule has 0 amide bonds. The zero-order valence-electron chi connectivity index (χ0n) is 8.39. The number of pyridine rings is 1. The van der Waals surface area contributed by atoms with Gasteiger partial charge in [0.05, 0.1) is 0 Å². The van der Waals surface area contributed by atoms with Gasteiger partial charge in [0.2, 0.25) is 0 Å². The van der Waals surface area contributed by atoms with E-state index in [0.717, 1.165) is 24.9 Å². The van der Waals surface area contributed by atoms with Gasteiger partial charge in [-0.25, -0.2) is 5.11 Å². The number of rotatable bonds is 2. The van der Waals surface area contributed by atoms with Crippen LogP contribution in [0.3, 0.4) is 0 Å². The van der Waals surface area contributed by atoms with Crippen molar-refractivity contribution in [1.29, 1.82) is 0 Å². The van der Waals surface area contributed by atoms with Gasteiger partial charge in [0.15, 0.2) is 0 Å². The van der Waals surface area contributed by atoms with E-state index in [9.17, 15) is 5.11 Å². The Kier molecular flexibility index (Phi) is 2.79. The van der Waals surface area contributed by atoms with Gasteiger partial charge in [-0.05, 0) is 32.5 Å². The topological polar surface area (TPSA) is 36.0 Å². The molecular formula is C11H15N2O. The first-order chi connectivity index (χ1) is 6.79. The van der Waals surface area contributed by atoms with Crippen molar-refractivity contribution in [2.24, 2.45) is 0 Å². The van der Waals surface area contributed by atoms with Crippen LogP contribution in [0, 0.1) is 0 Å². The summed E-state index contributed by atoms with van der Waals surface area (Å²) in [5.74, 6) is 0. The Labute approximate surface area is 84.4 Å². The Morgan fingerprint density at radius 3 is 3.07 bits per heavy atom. The lowest BCUT2D eigenvalue weighted by atomic mass is 10.0. The maximum absolute atomic E-state index is 12.1. The lowest BCUT2D eigenvalue weighted by molar-refractivity contribution is 0.0234. The number of likely N-dealkylation sites (N-methyl/N-ethyl adjacent to an activating group) is 1. The summed E-state index contributed by atoms with van der Waals surface area (Å²) in [6, 6.07) is 3.85. The predicted octanol–water partition coefficient (Wildman–Crippen LogP) is 1.65. The third kappa shape index (κ3) is 1.79. The third-order valence-electron chi connectivity index (χ3n) is 2.94. The second-order valence-corrected chi connectivity index (χ2v) is 3.90. The van der Waals surface area contributed by atoms with Crippen molar-refractivity contribution in [3.05, 3.63) is 30.1 Å². The van der Waals surface area contributed by atoms with E-state index in [1.54, 1.807) is 12.4 Å². The van der Waals surface area contributed by atoms with Gasteiger partial charge in [0.25, 0.3) is 0 Å². The number of hydrogen-bond donors (Lipinski definition) is 0. The van der Waals surface area contributed by atoms with Gasteiger partial charge in [0.1, 0.15) is 6.10 Å². The molecule has 1 aliphatic rings. The minimum Gasteiger partial charge on any atom is -0.300 e. The molecule has 1 fully saturated rings. The third-order valence-corrected chi connectivity index (χ3v) is 2.94. The summed E-state index contributed by atoms with van der Waals surface area (Å²) in [6.45, 7) is 1.05. The van der Waals surface area contributed by atoms with Gasteiger partial charge in [0, 0.05) is 24.0 Å². The molecule has 1 aliphatic heterocycles. The Bertz CT molecular complexity index is 289. The normalized spacial score (nSPS) is 25.1. The van der Waals surface area contributed by atoms with Crippen molar-refractivity contribution >= 4 is 0 Å². The van der Waals surface area contributed by atoms with E-state index in [-0.39, 0.29) is 6.04 Å². The Hall–Kier alpha value is -0.930. The first kappa shape index (κ1) is 9.62. The summed E-state index contributed by atoms with van der Waals surface area (Å²) in [5.41, 5.74) is 0.811. The summed E-state index contributed by atoms with van der Waals surface area (Å²) < 4.78 is 0. The number of likely N-dealkylation sites (tertiary alicyclic amines) is 1. The molecule has 0 aromatic carbocycles. The monoisotopic (exact) mass is 191 g/mol. The van der Waals surface area contributed by atoms with Crippen molar-refractivity contribution in [3.8, 4) is 0 Å². The molecule has 1 radical (unpaired) electrons. The molecule has 1 saturated heterocycles. The van der Waals surface area contributed by atoms with Crippen LogP contribution in [-0.2, 0) is 5.11 Å². The standard InChI is InChI=1S/C11H15N2O/c1-13-7-3-5-10(13)11(14)9-4-2-6-12-8-9/h2,4,6,8,10-11H,3,5,7H2,1H3/t10-,11?/m1/s1. The SMILES string of the molecule is CN1CCC[C@@H]1C([O])c1cccnc1. The second-order valence-electron chi connectivity index (χ2n) is 3.90. The van der Waals surface area contributed by atoms with Crippen LogP contribution in [0.15, 0.2) is 24.5 Å². The van der Waals surface area contributed by atoms with Gasteiger partial charge < -0.3 is 4.90 Å². The first-order valence-corrected chi connectivity index (χ1v) is 5.05. The maximum atomic E-state index is 12.1. The second kappa shape index (κ2) is 4.07. The van der Waals surface area contributed by atoms with Gasteiger partial charge in [-0.2, -0.15) is 0 Å². The van der Waals surface area contributed by atoms with E-state index >= 15 is 0 Å². The average Bonchev–Trinajstić information content (AvgIpc) is 2.65. The molecule has 0 bridgehead atoms. The molecule has 2 atom stereocenters. The highest BCUT2D eigenvalue weighted by Gasteiger charge is 2.30. The molecule has 1 aromatic rings. The molecule has 0 N–H and O–H groups in total. The van der Waals surface area contributed by atoms with Crippen molar-refractivity contribution in [3.63, 3.8) is 0 Å². The number of hydrogen-bond acceptors (Lipinski definition) is 2. The van der Waals surface area contributed by atoms with E-state index < -0.39 is 6.10 Å². The van der Waals surface area contributed by atoms with Crippen LogP contribution < -0.4 is 0 Å². The largest absolute Gasteiger partial charge is 0.300 e.